The van der Waals surface area contributed by atoms with E-state index in [1.54, 1.807) is 0 Å². The summed E-state index contributed by atoms with van der Waals surface area (Å²) in [6.07, 6.45) is 2.46. The summed E-state index contributed by atoms with van der Waals surface area (Å²) in [5, 5.41) is 18.0. The van der Waals surface area contributed by atoms with Crippen molar-refractivity contribution in [2.45, 2.75) is 32.2 Å². The Morgan fingerprint density at radius 3 is 2.76 bits per heavy atom. The van der Waals surface area contributed by atoms with Gasteiger partial charge in [-0.2, -0.15) is 10.1 Å². The van der Waals surface area contributed by atoms with Crippen LogP contribution in [0.5, 0.6) is 0 Å². The lowest BCUT2D eigenvalue weighted by molar-refractivity contribution is 0.424. The monoisotopic (exact) mass is 387 g/mol. The van der Waals surface area contributed by atoms with Gasteiger partial charge in [0.05, 0.1) is 6.54 Å². The molecule has 0 saturated heterocycles. The highest BCUT2D eigenvalue weighted by Gasteiger charge is 2.25. The van der Waals surface area contributed by atoms with Crippen molar-refractivity contribution in [3.8, 4) is 11.3 Å². The molecule has 3 N–H and O–H groups in total. The number of aromatic amines is 1. The molecule has 1 aliphatic rings. The van der Waals surface area contributed by atoms with Crippen LogP contribution in [0.3, 0.4) is 0 Å². The molecule has 8 nitrogen and oxygen atoms in total. The number of rotatable bonds is 7. The summed E-state index contributed by atoms with van der Waals surface area (Å²) in [7, 11) is 0. The molecule has 1 aliphatic carbocycles. The molecule has 5 rings (SSSR count). The number of H-pyrrole nitrogens is 1. The second kappa shape index (κ2) is 7.38. The minimum absolute atomic E-state index is 0.466. The zero-order chi connectivity index (χ0) is 19.6. The third kappa shape index (κ3) is 4.11. The highest BCUT2D eigenvalue weighted by atomic mass is 16.5. The fraction of sp³-hybridized carbons (Fsp3) is 0.238. The van der Waals surface area contributed by atoms with Crippen LogP contribution < -0.4 is 10.6 Å². The Morgan fingerprint density at radius 1 is 1.07 bits per heavy atom. The maximum Gasteiger partial charge on any atom is 0.225 e. The number of nitrogens with zero attached hydrogens (tertiary/aromatic N) is 4. The van der Waals surface area contributed by atoms with Gasteiger partial charge in [-0.3, -0.25) is 5.10 Å². The van der Waals surface area contributed by atoms with Gasteiger partial charge in [-0.25, -0.2) is 4.98 Å². The molecule has 1 aromatic carbocycles. The first kappa shape index (κ1) is 17.4. The van der Waals surface area contributed by atoms with E-state index in [4.69, 9.17) is 4.52 Å². The highest BCUT2D eigenvalue weighted by Crippen LogP contribution is 2.39. The zero-order valence-electron chi connectivity index (χ0n) is 16.0. The van der Waals surface area contributed by atoms with Crippen molar-refractivity contribution in [3.05, 3.63) is 65.6 Å². The van der Waals surface area contributed by atoms with Gasteiger partial charge in [-0.1, -0.05) is 35.5 Å². The van der Waals surface area contributed by atoms with Crippen LogP contribution in [0.1, 0.15) is 35.8 Å². The first-order valence-corrected chi connectivity index (χ1v) is 9.66. The quantitative estimate of drug-likeness (QED) is 0.432. The van der Waals surface area contributed by atoms with E-state index in [9.17, 15) is 0 Å². The zero-order valence-corrected chi connectivity index (χ0v) is 16.0. The van der Waals surface area contributed by atoms with Gasteiger partial charge in [0.2, 0.25) is 5.95 Å². The fourth-order valence-electron chi connectivity index (χ4n) is 3.15. The molecule has 0 spiro atoms. The smallest absolute Gasteiger partial charge is 0.225 e. The molecular weight excluding hydrogens is 366 g/mol. The molecule has 0 amide bonds. The number of aryl methyl sites for hydroxylation is 1. The first-order chi connectivity index (χ1) is 14.2. The Bertz CT molecular complexity index is 1120. The van der Waals surface area contributed by atoms with Crippen molar-refractivity contribution in [1.29, 1.82) is 0 Å². The number of nitrogens with one attached hydrogen (secondary N) is 3. The number of hydrogen-bond donors (Lipinski definition) is 3. The summed E-state index contributed by atoms with van der Waals surface area (Å²) in [6.45, 7) is 2.40. The lowest BCUT2D eigenvalue weighted by atomic mass is 10.2. The van der Waals surface area contributed by atoms with E-state index in [1.807, 2.05) is 55.5 Å². The van der Waals surface area contributed by atoms with Crippen LogP contribution in [-0.4, -0.2) is 25.3 Å². The maximum atomic E-state index is 5.44. The summed E-state index contributed by atoms with van der Waals surface area (Å²) < 4.78 is 5.44. The molecule has 0 unspecified atom stereocenters. The van der Waals surface area contributed by atoms with Gasteiger partial charge in [0.1, 0.15) is 11.5 Å². The summed E-state index contributed by atoms with van der Waals surface area (Å²) in [6, 6.07) is 15.7. The molecule has 0 bridgehead atoms. The molecule has 29 heavy (non-hydrogen) atoms. The van der Waals surface area contributed by atoms with Crippen LogP contribution in [0, 0.1) is 6.92 Å². The fourth-order valence-corrected chi connectivity index (χ4v) is 3.15. The van der Waals surface area contributed by atoms with Gasteiger partial charge in [0.15, 0.2) is 11.6 Å². The Balaban J connectivity index is 1.26. The third-order valence-corrected chi connectivity index (χ3v) is 4.77. The average molecular weight is 387 g/mol. The first-order valence-electron chi connectivity index (χ1n) is 9.66. The molecule has 3 heterocycles. The summed E-state index contributed by atoms with van der Waals surface area (Å²) in [5.74, 6) is 3.35. The molecule has 0 aliphatic heterocycles. The van der Waals surface area contributed by atoms with Crippen molar-refractivity contribution < 1.29 is 4.52 Å². The number of benzene rings is 1. The third-order valence-electron chi connectivity index (χ3n) is 4.77. The molecule has 3 aromatic heterocycles. The Hall–Kier alpha value is -3.68. The average Bonchev–Trinajstić information content (AvgIpc) is 3.29. The second-order valence-electron chi connectivity index (χ2n) is 7.23. The van der Waals surface area contributed by atoms with Crippen molar-refractivity contribution in [2.24, 2.45) is 0 Å². The Kier molecular flexibility index (Phi) is 4.44. The van der Waals surface area contributed by atoms with E-state index in [0.717, 1.165) is 28.5 Å². The van der Waals surface area contributed by atoms with Crippen LogP contribution >= 0.6 is 0 Å². The van der Waals surface area contributed by atoms with Gasteiger partial charge < -0.3 is 15.2 Å². The van der Waals surface area contributed by atoms with Crippen LogP contribution in [0.2, 0.25) is 0 Å². The molecule has 4 aromatic rings. The molecule has 0 atom stereocenters. The van der Waals surface area contributed by atoms with E-state index in [1.165, 1.54) is 18.5 Å². The SMILES string of the molecule is Cc1cc(Nc2cc(C3CC3)[nH]n2)nc(NCc2cc(-c3ccccc3)on2)n1. The molecular formula is C21H21N7O. The van der Waals surface area contributed by atoms with Crippen molar-refractivity contribution >= 4 is 17.6 Å². The molecule has 1 fully saturated rings. The van der Waals surface area contributed by atoms with Gasteiger partial charge in [-0.05, 0) is 19.8 Å². The Labute approximate surface area is 167 Å². The summed E-state index contributed by atoms with van der Waals surface area (Å²) >= 11 is 0. The maximum absolute atomic E-state index is 5.44. The van der Waals surface area contributed by atoms with E-state index in [2.05, 4.69) is 36.0 Å². The highest BCUT2D eigenvalue weighted by molar-refractivity contribution is 5.57. The van der Waals surface area contributed by atoms with Gasteiger partial charge in [-0.15, -0.1) is 0 Å². The molecule has 1 saturated carbocycles. The minimum atomic E-state index is 0.466. The number of anilines is 3. The van der Waals surface area contributed by atoms with E-state index < -0.39 is 0 Å². The number of aromatic nitrogens is 5. The largest absolute Gasteiger partial charge is 0.356 e. The van der Waals surface area contributed by atoms with Crippen LogP contribution in [0.4, 0.5) is 17.6 Å². The lowest BCUT2D eigenvalue weighted by Crippen LogP contribution is -2.06. The summed E-state index contributed by atoms with van der Waals surface area (Å²) in [4.78, 5) is 8.98. The topological polar surface area (TPSA) is 105 Å². The van der Waals surface area contributed by atoms with E-state index >= 15 is 0 Å². The van der Waals surface area contributed by atoms with E-state index in [0.29, 0.717) is 24.2 Å². The van der Waals surface area contributed by atoms with Crippen molar-refractivity contribution in [1.82, 2.24) is 25.3 Å². The predicted molar refractivity (Wildman–Crippen MR) is 110 cm³/mol. The normalized spacial score (nSPS) is 13.4. The van der Waals surface area contributed by atoms with Crippen molar-refractivity contribution in [3.63, 3.8) is 0 Å². The van der Waals surface area contributed by atoms with Crippen LogP contribution in [0.25, 0.3) is 11.3 Å². The minimum Gasteiger partial charge on any atom is -0.356 e. The van der Waals surface area contributed by atoms with Crippen molar-refractivity contribution in [2.75, 3.05) is 10.6 Å². The standard InChI is InChI=1S/C21H21N7O/c1-13-9-19(24-20-11-17(26-27-20)14-7-8-14)25-21(23-13)22-12-16-10-18(29-28-16)15-5-3-2-4-6-15/h2-6,9-11,14H,7-8,12H2,1H3,(H3,22,23,24,25,26,27). The van der Waals surface area contributed by atoms with Gasteiger partial charge in [0, 0.05) is 41.1 Å². The molecule has 0 radical (unpaired) electrons. The van der Waals surface area contributed by atoms with Gasteiger partial charge >= 0.3 is 0 Å². The second-order valence-corrected chi connectivity index (χ2v) is 7.23. The lowest BCUT2D eigenvalue weighted by Gasteiger charge is -2.07. The molecule has 8 heteroatoms. The van der Waals surface area contributed by atoms with Crippen LogP contribution in [0.15, 0.2) is 53.1 Å². The summed E-state index contributed by atoms with van der Waals surface area (Å²) in [5.41, 5.74) is 3.81. The van der Waals surface area contributed by atoms with E-state index in [-0.39, 0.29) is 0 Å². The predicted octanol–water partition coefficient (Wildman–Crippen LogP) is 4.40. The van der Waals surface area contributed by atoms with Gasteiger partial charge in [0.25, 0.3) is 0 Å². The molecule has 146 valence electrons. The van der Waals surface area contributed by atoms with Crippen LogP contribution in [-0.2, 0) is 6.54 Å². The number of hydrogen-bond acceptors (Lipinski definition) is 7. The Morgan fingerprint density at radius 2 is 1.93 bits per heavy atom.